The fourth-order valence-corrected chi connectivity index (χ4v) is 26.2. The SMILES string of the molecule is CCP(CC)[C]1([Zr]([B](c2c(F)c(F)c(F)c(F)c2F)c2c(F)c(F)c(F)c(F)c2F)[C]2=CC=CC2)c2ccccc2-c2ccccc21. The van der Waals surface area contributed by atoms with Crippen molar-refractivity contribution < 1.29 is 65.4 Å². The number of rotatable bonds is 8. The molecule has 0 saturated heterocycles. The molecule has 0 unspecified atom stereocenters. The van der Waals surface area contributed by atoms with Crippen LogP contribution in [0.5, 0.6) is 0 Å². The van der Waals surface area contributed by atoms with Gasteiger partial charge in [0.25, 0.3) is 0 Å². The molecule has 0 atom stereocenters. The summed E-state index contributed by atoms with van der Waals surface area (Å²) in [4.78, 5) is 0. The van der Waals surface area contributed by atoms with Gasteiger partial charge in [-0.2, -0.15) is 0 Å². The van der Waals surface area contributed by atoms with Gasteiger partial charge in [-0.05, 0) is 0 Å². The van der Waals surface area contributed by atoms with Crippen LogP contribution in [0.15, 0.2) is 70.0 Å². The molecule has 0 amide bonds. The van der Waals surface area contributed by atoms with Gasteiger partial charge in [0.2, 0.25) is 0 Å². The van der Waals surface area contributed by atoms with Gasteiger partial charge in [0, 0.05) is 0 Å². The van der Waals surface area contributed by atoms with Crippen LogP contribution < -0.4 is 10.9 Å². The minimum atomic E-state index is -4.83. The summed E-state index contributed by atoms with van der Waals surface area (Å²) >= 11 is -4.83. The summed E-state index contributed by atoms with van der Waals surface area (Å²) in [6, 6.07) is 14.1. The summed E-state index contributed by atoms with van der Waals surface area (Å²) in [7, 11) is -1.36. The standard InChI is InChI=1S/C17H18P.C12BF10.C5H5.Zr/c1-3-18(4-2)17-15-11-7-5-9-13(15)14-10-6-8-12-16(14)17;14-3-1(4(15)8(19)11(22)7(3)18)13-2-5(16)9(20)12(23)10(21)6(2)17;1-2-4-5-3-1;/h5-12H,3-4H2,1-2H3;;1-3H,4H2;/q;+1;;-1. The third-order valence-corrected chi connectivity index (χ3v) is 24.4. The Kier molecular flexibility index (Phi) is 9.25. The molecule has 47 heavy (non-hydrogen) atoms. The van der Waals surface area contributed by atoms with Crippen LogP contribution in [0.25, 0.3) is 11.1 Å². The van der Waals surface area contributed by atoms with Crippen LogP contribution in [-0.4, -0.2) is 16.6 Å². The first-order valence-electron chi connectivity index (χ1n) is 14.6. The normalized spacial score (nSPS) is 14.4. The van der Waals surface area contributed by atoms with Crippen molar-refractivity contribution in [3.05, 3.63) is 139 Å². The fourth-order valence-electron chi connectivity index (χ4n) is 7.17. The van der Waals surface area contributed by atoms with Crippen molar-refractivity contribution >= 4 is 23.1 Å². The summed E-state index contributed by atoms with van der Waals surface area (Å²) in [6.07, 6.45) is 5.87. The minimum absolute atomic E-state index is 0.0960. The molecule has 4 aromatic rings. The molecule has 2 aliphatic rings. The quantitative estimate of drug-likeness (QED) is 0.0554. The van der Waals surface area contributed by atoms with E-state index in [0.29, 0.717) is 37.9 Å². The Morgan fingerprint density at radius 3 is 1.34 bits per heavy atom. The van der Waals surface area contributed by atoms with Crippen molar-refractivity contribution in [2.24, 2.45) is 0 Å². The first-order valence-corrected chi connectivity index (χ1v) is 20.2. The zero-order valence-electron chi connectivity index (χ0n) is 24.8. The van der Waals surface area contributed by atoms with E-state index < -0.39 is 106 Å². The van der Waals surface area contributed by atoms with E-state index >= 15 is 35.1 Å². The molecule has 0 nitrogen and oxygen atoms in total. The van der Waals surface area contributed by atoms with Crippen LogP contribution in [0.3, 0.4) is 0 Å². The number of allylic oxidation sites excluding steroid dienone is 4. The van der Waals surface area contributed by atoms with Crippen LogP contribution in [-0.2, 0) is 24.4 Å². The van der Waals surface area contributed by atoms with Gasteiger partial charge in [0.1, 0.15) is 0 Å². The van der Waals surface area contributed by atoms with Crippen molar-refractivity contribution in [3.8, 4) is 11.1 Å². The first-order chi connectivity index (χ1) is 22.4. The summed E-state index contributed by atoms with van der Waals surface area (Å²) in [5, 5.41) is 0. The van der Waals surface area contributed by atoms with Gasteiger partial charge in [-0.15, -0.1) is 0 Å². The Labute approximate surface area is 273 Å². The summed E-state index contributed by atoms with van der Waals surface area (Å²) < 4.78 is 150. The number of hydrogen-bond donors (Lipinski definition) is 0. The molecule has 0 spiro atoms. The van der Waals surface area contributed by atoms with E-state index in [-0.39, 0.29) is 6.42 Å². The molecule has 13 heteroatoms. The second-order valence-corrected chi connectivity index (χ2v) is 22.0. The molecular formula is C34H23BF10PZr. The number of benzene rings is 4. The number of hydrogen-bond acceptors (Lipinski definition) is 0. The zero-order chi connectivity index (χ0) is 33.9. The molecular weight excluding hydrogens is 731 g/mol. The van der Waals surface area contributed by atoms with Gasteiger partial charge in [0.15, 0.2) is 0 Å². The van der Waals surface area contributed by atoms with Gasteiger partial charge in [-0.3, -0.25) is 0 Å². The maximum absolute atomic E-state index is 16.1. The molecule has 0 bridgehead atoms. The third kappa shape index (κ3) is 4.87. The molecule has 0 aliphatic heterocycles. The van der Waals surface area contributed by atoms with E-state index in [9.17, 15) is 8.78 Å². The van der Waals surface area contributed by atoms with Crippen molar-refractivity contribution in [3.63, 3.8) is 0 Å². The maximum atomic E-state index is 16.1. The monoisotopic (exact) mass is 753 g/mol. The second kappa shape index (κ2) is 12.8. The molecule has 6 rings (SSSR count). The van der Waals surface area contributed by atoms with Gasteiger partial charge < -0.3 is 0 Å². The van der Waals surface area contributed by atoms with E-state index in [1.807, 2.05) is 26.0 Å². The van der Waals surface area contributed by atoms with Gasteiger partial charge in [-0.1, -0.05) is 0 Å². The van der Waals surface area contributed by atoms with Gasteiger partial charge >= 0.3 is 274 Å². The van der Waals surface area contributed by atoms with Gasteiger partial charge in [-0.25, -0.2) is 0 Å². The van der Waals surface area contributed by atoms with Crippen LogP contribution in [0.2, 0.25) is 0 Å². The van der Waals surface area contributed by atoms with E-state index in [2.05, 4.69) is 0 Å². The second-order valence-electron chi connectivity index (χ2n) is 11.1. The fraction of sp³-hybridized carbons (Fsp3) is 0.176. The predicted molar refractivity (Wildman–Crippen MR) is 160 cm³/mol. The Balaban J connectivity index is 1.88. The van der Waals surface area contributed by atoms with Gasteiger partial charge in [0.05, 0.1) is 0 Å². The van der Waals surface area contributed by atoms with Crippen LogP contribution in [0, 0.1) is 58.2 Å². The Morgan fingerprint density at radius 2 is 0.979 bits per heavy atom. The Hall–Kier alpha value is -2.96. The van der Waals surface area contributed by atoms with Crippen molar-refractivity contribution in [1.82, 2.24) is 0 Å². The molecule has 4 aromatic carbocycles. The van der Waals surface area contributed by atoms with Crippen molar-refractivity contribution in [1.29, 1.82) is 0 Å². The summed E-state index contributed by atoms with van der Waals surface area (Å²) in [6.45, 7) is 3.74. The third-order valence-electron chi connectivity index (χ3n) is 9.02. The first kappa shape index (κ1) is 33.9. The Bertz CT molecular complexity index is 1820. The molecule has 241 valence electrons. The molecule has 2 aliphatic carbocycles. The van der Waals surface area contributed by atoms with Crippen molar-refractivity contribution in [2.75, 3.05) is 12.3 Å². The van der Waals surface area contributed by atoms with Crippen LogP contribution in [0.4, 0.5) is 43.9 Å². The average Bonchev–Trinajstić information content (AvgIpc) is 3.72. The zero-order valence-corrected chi connectivity index (χ0v) is 28.1. The number of halogens is 10. The molecule has 0 fully saturated rings. The van der Waals surface area contributed by atoms with Crippen LogP contribution in [0.1, 0.15) is 31.4 Å². The van der Waals surface area contributed by atoms with E-state index in [1.165, 1.54) is 0 Å². The topological polar surface area (TPSA) is 0 Å². The van der Waals surface area contributed by atoms with Crippen molar-refractivity contribution in [2.45, 2.75) is 23.1 Å². The summed E-state index contributed by atoms with van der Waals surface area (Å²) in [5.74, 6) is -24.1. The van der Waals surface area contributed by atoms with E-state index in [4.69, 9.17) is 0 Å². The van der Waals surface area contributed by atoms with E-state index in [0.717, 1.165) is 0 Å². The Morgan fingerprint density at radius 1 is 0.596 bits per heavy atom. The average molecular weight is 755 g/mol. The molecule has 0 aromatic heterocycles. The van der Waals surface area contributed by atoms with E-state index in [1.54, 1.807) is 54.6 Å². The van der Waals surface area contributed by atoms with Crippen LogP contribution >= 0.6 is 7.92 Å². The number of fused-ring (bicyclic) bond motifs is 3. The molecule has 0 radical (unpaired) electrons. The molecule has 0 heterocycles. The summed E-state index contributed by atoms with van der Waals surface area (Å²) in [5.41, 5.74) is -0.524. The molecule has 0 saturated carbocycles. The predicted octanol–water partition coefficient (Wildman–Crippen LogP) is 9.05. The molecule has 0 N–H and O–H groups in total.